The van der Waals surface area contributed by atoms with Gasteiger partial charge in [0, 0.05) is 6.42 Å². The summed E-state index contributed by atoms with van der Waals surface area (Å²) < 4.78 is 22.7. The molecule has 2 amide bonds. The summed E-state index contributed by atoms with van der Waals surface area (Å²) in [6.07, 6.45) is 2.74. The van der Waals surface area contributed by atoms with Crippen LogP contribution >= 0.6 is 0 Å². The van der Waals surface area contributed by atoms with Crippen LogP contribution in [0.2, 0.25) is 0 Å². The lowest BCUT2D eigenvalue weighted by Gasteiger charge is -2.10. The van der Waals surface area contributed by atoms with E-state index in [1.54, 1.807) is 0 Å². The quantitative estimate of drug-likeness (QED) is 0.593. The maximum atomic E-state index is 12.2. The number of hydrogen-bond acceptors (Lipinski definition) is 4. The van der Waals surface area contributed by atoms with Gasteiger partial charge in [-0.25, -0.2) is 8.42 Å². The van der Waals surface area contributed by atoms with Crippen molar-refractivity contribution in [3.63, 3.8) is 0 Å². The van der Waals surface area contributed by atoms with Gasteiger partial charge in [-0.05, 0) is 37.5 Å². The zero-order chi connectivity index (χ0) is 17.4. The molecule has 2 aliphatic rings. The molecule has 23 heavy (non-hydrogen) atoms. The molecule has 0 aromatic carbocycles. The van der Waals surface area contributed by atoms with Crippen molar-refractivity contribution in [2.45, 2.75) is 40.5 Å². The van der Waals surface area contributed by atoms with E-state index in [2.05, 4.69) is 16.9 Å². The Morgan fingerprint density at radius 3 is 2.39 bits per heavy atom. The molecule has 7 heteroatoms. The van der Waals surface area contributed by atoms with Gasteiger partial charge in [-0.2, -0.15) is 0 Å². The number of amides is 2. The topological polar surface area (TPSA) is 92.3 Å². The van der Waals surface area contributed by atoms with Crippen LogP contribution in [0, 0.1) is 23.2 Å². The van der Waals surface area contributed by atoms with E-state index < -0.39 is 9.84 Å². The van der Waals surface area contributed by atoms with Crippen LogP contribution in [0.25, 0.3) is 0 Å². The first-order chi connectivity index (χ1) is 10.5. The van der Waals surface area contributed by atoms with Gasteiger partial charge in [0.05, 0.1) is 17.4 Å². The molecule has 2 rings (SSSR count). The van der Waals surface area contributed by atoms with E-state index in [0.717, 1.165) is 0 Å². The van der Waals surface area contributed by atoms with Crippen molar-refractivity contribution in [2.24, 2.45) is 23.2 Å². The molecule has 0 aromatic heterocycles. The summed E-state index contributed by atoms with van der Waals surface area (Å²) in [5.74, 6) is -0.422. The average molecular weight is 342 g/mol. The fourth-order valence-electron chi connectivity index (χ4n) is 3.40. The standard InChI is InChI=1S/C16H26N2O4S/c1-10(2)7-12-14(16(12,3)4)15(20)18-17-13(19)8-11-5-6-23(21,22)9-11/h7,11-12,14H,5-6,8-9H2,1-4H3,(H,17,19)(H,18,20)/t11-,12+,14-/m0/s1. The molecule has 1 saturated carbocycles. The highest BCUT2D eigenvalue weighted by molar-refractivity contribution is 7.91. The lowest BCUT2D eigenvalue weighted by molar-refractivity contribution is -0.130. The molecule has 6 nitrogen and oxygen atoms in total. The van der Waals surface area contributed by atoms with E-state index in [9.17, 15) is 18.0 Å². The van der Waals surface area contributed by atoms with Gasteiger partial charge in [0.1, 0.15) is 0 Å². The number of sulfone groups is 1. The van der Waals surface area contributed by atoms with Crippen molar-refractivity contribution in [3.8, 4) is 0 Å². The fourth-order valence-corrected chi connectivity index (χ4v) is 5.27. The summed E-state index contributed by atoms with van der Waals surface area (Å²) in [6, 6.07) is 0. The van der Waals surface area contributed by atoms with Crippen LogP contribution in [0.3, 0.4) is 0 Å². The lowest BCUT2D eigenvalue weighted by Crippen LogP contribution is -2.43. The summed E-state index contributed by atoms with van der Waals surface area (Å²) >= 11 is 0. The minimum Gasteiger partial charge on any atom is -0.273 e. The van der Waals surface area contributed by atoms with Crippen molar-refractivity contribution in [1.82, 2.24) is 10.9 Å². The smallest absolute Gasteiger partial charge is 0.242 e. The third-order valence-corrected chi connectivity index (χ3v) is 6.67. The second-order valence-corrected chi connectivity index (χ2v) is 9.81. The number of hydrazine groups is 1. The molecule has 1 saturated heterocycles. The van der Waals surface area contributed by atoms with E-state index in [1.165, 1.54) is 5.57 Å². The van der Waals surface area contributed by atoms with E-state index in [1.807, 2.05) is 27.7 Å². The Morgan fingerprint density at radius 1 is 1.22 bits per heavy atom. The Bertz CT molecular complexity index is 632. The third-order valence-electron chi connectivity index (χ3n) is 4.83. The Balaban J connectivity index is 1.79. The normalized spacial score (nSPS) is 30.3. The van der Waals surface area contributed by atoms with Crippen molar-refractivity contribution < 1.29 is 18.0 Å². The minimum absolute atomic E-state index is 0.0622. The molecule has 130 valence electrons. The van der Waals surface area contributed by atoms with Gasteiger partial charge in [-0.1, -0.05) is 25.5 Å². The van der Waals surface area contributed by atoms with Crippen LogP contribution in [-0.4, -0.2) is 31.7 Å². The molecule has 3 atom stereocenters. The number of carbonyl (C=O) groups excluding carboxylic acids is 2. The van der Waals surface area contributed by atoms with Gasteiger partial charge < -0.3 is 0 Å². The van der Waals surface area contributed by atoms with Gasteiger partial charge in [0.15, 0.2) is 9.84 Å². The average Bonchev–Trinajstić information content (AvgIpc) is 2.74. The number of allylic oxidation sites excluding steroid dienone is 2. The molecular weight excluding hydrogens is 316 g/mol. The Labute approximate surface area is 138 Å². The van der Waals surface area contributed by atoms with Crippen LogP contribution in [0.4, 0.5) is 0 Å². The molecule has 1 heterocycles. The Kier molecular flexibility index (Phi) is 4.89. The highest BCUT2D eigenvalue weighted by atomic mass is 32.2. The molecule has 2 fully saturated rings. The van der Waals surface area contributed by atoms with E-state index in [4.69, 9.17) is 0 Å². The van der Waals surface area contributed by atoms with Gasteiger partial charge >= 0.3 is 0 Å². The van der Waals surface area contributed by atoms with Crippen LogP contribution in [-0.2, 0) is 19.4 Å². The summed E-state index contributed by atoms with van der Waals surface area (Å²) in [7, 11) is -2.98. The van der Waals surface area contributed by atoms with E-state index >= 15 is 0 Å². The molecular formula is C16H26N2O4S. The third kappa shape index (κ3) is 4.34. The zero-order valence-electron chi connectivity index (χ0n) is 14.2. The largest absolute Gasteiger partial charge is 0.273 e. The molecule has 0 spiro atoms. The Hall–Kier alpha value is -1.37. The Morgan fingerprint density at radius 2 is 1.87 bits per heavy atom. The summed E-state index contributed by atoms with van der Waals surface area (Å²) in [5.41, 5.74) is 5.96. The first-order valence-electron chi connectivity index (χ1n) is 7.97. The van der Waals surface area contributed by atoms with E-state index in [0.29, 0.717) is 6.42 Å². The summed E-state index contributed by atoms with van der Waals surface area (Å²) in [5, 5.41) is 0. The molecule has 0 radical (unpaired) electrons. The van der Waals surface area contributed by atoms with Gasteiger partial charge in [0.25, 0.3) is 0 Å². The van der Waals surface area contributed by atoms with Crippen LogP contribution in [0.15, 0.2) is 11.6 Å². The van der Waals surface area contributed by atoms with Crippen LogP contribution < -0.4 is 10.9 Å². The highest BCUT2D eigenvalue weighted by Crippen LogP contribution is 2.59. The van der Waals surface area contributed by atoms with Crippen molar-refractivity contribution in [1.29, 1.82) is 0 Å². The number of rotatable bonds is 4. The highest BCUT2D eigenvalue weighted by Gasteiger charge is 2.60. The second kappa shape index (κ2) is 6.26. The van der Waals surface area contributed by atoms with Crippen molar-refractivity contribution in [3.05, 3.63) is 11.6 Å². The van der Waals surface area contributed by atoms with Gasteiger partial charge in [-0.3, -0.25) is 20.4 Å². The minimum atomic E-state index is -2.98. The molecule has 0 unspecified atom stereocenters. The number of carbonyl (C=O) groups is 2. The molecule has 1 aliphatic carbocycles. The number of nitrogens with one attached hydrogen (secondary N) is 2. The molecule has 0 bridgehead atoms. The fraction of sp³-hybridized carbons (Fsp3) is 0.750. The summed E-state index contributed by atoms with van der Waals surface area (Å²) in [4.78, 5) is 24.1. The van der Waals surface area contributed by atoms with Crippen LogP contribution in [0.1, 0.15) is 40.5 Å². The predicted octanol–water partition coefficient (Wildman–Crippen LogP) is 1.20. The SMILES string of the molecule is CC(C)=C[C@@H]1[C@@H](C(=O)NNC(=O)C[C@@H]2CCS(=O)(=O)C2)C1(C)C. The monoisotopic (exact) mass is 342 g/mol. The van der Waals surface area contributed by atoms with Crippen molar-refractivity contribution in [2.75, 3.05) is 11.5 Å². The lowest BCUT2D eigenvalue weighted by atomic mass is 10.1. The number of hydrogen-bond donors (Lipinski definition) is 2. The predicted molar refractivity (Wildman–Crippen MR) is 87.9 cm³/mol. The van der Waals surface area contributed by atoms with Crippen LogP contribution in [0.5, 0.6) is 0 Å². The zero-order valence-corrected chi connectivity index (χ0v) is 15.0. The first-order valence-corrected chi connectivity index (χ1v) is 9.79. The van der Waals surface area contributed by atoms with E-state index in [-0.39, 0.29) is 52.9 Å². The maximum Gasteiger partial charge on any atom is 0.242 e. The second-order valence-electron chi connectivity index (χ2n) is 7.58. The molecule has 2 N–H and O–H groups in total. The van der Waals surface area contributed by atoms with Gasteiger partial charge in [0.2, 0.25) is 11.8 Å². The summed E-state index contributed by atoms with van der Waals surface area (Å²) in [6.45, 7) is 8.07. The molecule has 1 aliphatic heterocycles. The van der Waals surface area contributed by atoms with Crippen molar-refractivity contribution >= 4 is 21.7 Å². The first kappa shape index (κ1) is 18.0. The maximum absolute atomic E-state index is 12.2. The molecule has 0 aromatic rings. The van der Waals surface area contributed by atoms with Gasteiger partial charge in [-0.15, -0.1) is 0 Å².